The lowest BCUT2D eigenvalue weighted by Crippen LogP contribution is -2.23. The van der Waals surface area contributed by atoms with Crippen LogP contribution in [0.3, 0.4) is 0 Å². The van der Waals surface area contributed by atoms with Crippen LogP contribution in [0, 0.1) is 11.6 Å². The SMILES string of the molecule is CCOc1ccc(S(=O)(=O)Nc2ccccc2C(=O)OCC(=O)Nc2c(F)cccc2F)cc1. The predicted molar refractivity (Wildman–Crippen MR) is 120 cm³/mol. The highest BCUT2D eigenvalue weighted by atomic mass is 32.2. The third-order valence-electron chi connectivity index (χ3n) is 4.40. The maximum Gasteiger partial charge on any atom is 0.340 e. The van der Waals surface area contributed by atoms with Gasteiger partial charge >= 0.3 is 5.97 Å². The standard InChI is InChI=1S/C23H20F2N2O6S/c1-2-32-15-10-12-16(13-11-15)34(30,31)27-20-9-4-3-6-17(20)23(29)33-14-21(28)26-22-18(24)7-5-8-19(22)25/h3-13,27H,2,14H2,1H3,(H,26,28). The van der Waals surface area contributed by atoms with E-state index >= 15 is 0 Å². The molecule has 0 bridgehead atoms. The minimum atomic E-state index is -4.06. The Morgan fingerprint density at radius 2 is 1.56 bits per heavy atom. The molecule has 0 spiro atoms. The lowest BCUT2D eigenvalue weighted by molar-refractivity contribution is -0.119. The Balaban J connectivity index is 1.69. The number of para-hydroxylation sites is 2. The predicted octanol–water partition coefficient (Wildman–Crippen LogP) is 3.96. The van der Waals surface area contributed by atoms with E-state index in [2.05, 4.69) is 4.72 Å². The van der Waals surface area contributed by atoms with E-state index in [0.717, 1.165) is 18.2 Å². The molecule has 2 N–H and O–H groups in total. The average Bonchev–Trinajstić information content (AvgIpc) is 2.81. The monoisotopic (exact) mass is 490 g/mol. The first kappa shape index (κ1) is 24.6. The Hall–Kier alpha value is -3.99. The van der Waals surface area contributed by atoms with Gasteiger partial charge in [-0.1, -0.05) is 18.2 Å². The minimum absolute atomic E-state index is 0.0644. The van der Waals surface area contributed by atoms with Crippen molar-refractivity contribution >= 4 is 33.3 Å². The molecule has 178 valence electrons. The average molecular weight is 490 g/mol. The molecule has 34 heavy (non-hydrogen) atoms. The van der Waals surface area contributed by atoms with Crippen LogP contribution in [0.1, 0.15) is 17.3 Å². The van der Waals surface area contributed by atoms with Gasteiger partial charge in [0, 0.05) is 0 Å². The van der Waals surface area contributed by atoms with Crippen LogP contribution < -0.4 is 14.8 Å². The molecule has 1 amide bonds. The smallest absolute Gasteiger partial charge is 0.340 e. The summed E-state index contributed by atoms with van der Waals surface area (Å²) in [7, 11) is -4.06. The molecule has 0 atom stereocenters. The fraction of sp³-hybridized carbons (Fsp3) is 0.130. The molecule has 8 nitrogen and oxygen atoms in total. The lowest BCUT2D eigenvalue weighted by Gasteiger charge is -2.13. The van der Waals surface area contributed by atoms with Crippen LogP contribution in [0.25, 0.3) is 0 Å². The molecule has 3 aromatic carbocycles. The van der Waals surface area contributed by atoms with Crippen molar-refractivity contribution in [2.45, 2.75) is 11.8 Å². The number of carbonyl (C=O) groups excluding carboxylic acids is 2. The number of anilines is 2. The minimum Gasteiger partial charge on any atom is -0.494 e. The van der Waals surface area contributed by atoms with Gasteiger partial charge in [0.1, 0.15) is 23.1 Å². The van der Waals surface area contributed by atoms with Crippen molar-refractivity contribution < 1.29 is 36.3 Å². The van der Waals surface area contributed by atoms with Gasteiger partial charge in [-0.25, -0.2) is 22.0 Å². The highest BCUT2D eigenvalue weighted by molar-refractivity contribution is 7.92. The van der Waals surface area contributed by atoms with Crippen molar-refractivity contribution in [1.82, 2.24) is 0 Å². The Bertz CT molecular complexity index is 1280. The maximum atomic E-state index is 13.7. The van der Waals surface area contributed by atoms with Gasteiger partial charge in [-0.15, -0.1) is 0 Å². The Labute approximate surface area is 194 Å². The van der Waals surface area contributed by atoms with E-state index in [4.69, 9.17) is 9.47 Å². The fourth-order valence-corrected chi connectivity index (χ4v) is 3.92. The van der Waals surface area contributed by atoms with Gasteiger partial charge in [0.2, 0.25) is 0 Å². The number of benzene rings is 3. The zero-order valence-electron chi connectivity index (χ0n) is 17.9. The van der Waals surface area contributed by atoms with Crippen LogP contribution in [0.5, 0.6) is 5.75 Å². The van der Waals surface area contributed by atoms with Crippen LogP contribution in [0.15, 0.2) is 71.6 Å². The van der Waals surface area contributed by atoms with Crippen LogP contribution >= 0.6 is 0 Å². The first-order valence-corrected chi connectivity index (χ1v) is 11.4. The summed E-state index contributed by atoms with van der Waals surface area (Å²) in [5.74, 6) is -3.49. The van der Waals surface area contributed by atoms with Crippen molar-refractivity contribution in [3.05, 3.63) is 83.9 Å². The van der Waals surface area contributed by atoms with Crippen LogP contribution in [-0.2, 0) is 19.6 Å². The molecule has 3 rings (SSSR count). The van der Waals surface area contributed by atoms with Crippen LogP contribution in [0.4, 0.5) is 20.2 Å². The van der Waals surface area contributed by atoms with Gasteiger partial charge in [-0.2, -0.15) is 0 Å². The number of hydrogen-bond donors (Lipinski definition) is 2. The van der Waals surface area contributed by atoms with Crippen molar-refractivity contribution in [3.8, 4) is 5.75 Å². The molecule has 0 aliphatic carbocycles. The Morgan fingerprint density at radius 3 is 2.21 bits per heavy atom. The van der Waals surface area contributed by atoms with Gasteiger partial charge in [-0.05, 0) is 55.5 Å². The van der Waals surface area contributed by atoms with Gasteiger partial charge < -0.3 is 14.8 Å². The topological polar surface area (TPSA) is 111 Å². The van der Waals surface area contributed by atoms with Crippen molar-refractivity contribution in [2.75, 3.05) is 23.3 Å². The van der Waals surface area contributed by atoms with Gasteiger partial charge in [0.05, 0.1) is 22.8 Å². The number of nitrogens with one attached hydrogen (secondary N) is 2. The summed E-state index contributed by atoms with van der Waals surface area (Å²) >= 11 is 0. The Morgan fingerprint density at radius 1 is 0.912 bits per heavy atom. The molecule has 0 fully saturated rings. The maximum absolute atomic E-state index is 13.7. The molecule has 11 heteroatoms. The van der Waals surface area contributed by atoms with E-state index in [-0.39, 0.29) is 16.1 Å². The summed E-state index contributed by atoms with van der Waals surface area (Å²) in [6.07, 6.45) is 0. The third kappa shape index (κ3) is 6.07. The lowest BCUT2D eigenvalue weighted by atomic mass is 10.2. The van der Waals surface area contributed by atoms with Gasteiger partial charge in [0.15, 0.2) is 6.61 Å². The molecular weight excluding hydrogens is 470 g/mol. The van der Waals surface area contributed by atoms with E-state index in [1.54, 1.807) is 6.92 Å². The van der Waals surface area contributed by atoms with Crippen LogP contribution in [0.2, 0.25) is 0 Å². The number of carbonyl (C=O) groups is 2. The number of esters is 1. The van der Waals surface area contributed by atoms with E-state index < -0.39 is 45.8 Å². The molecule has 0 aliphatic heterocycles. The van der Waals surface area contributed by atoms with E-state index in [9.17, 15) is 26.8 Å². The fourth-order valence-electron chi connectivity index (χ4n) is 2.84. The molecule has 3 aromatic rings. The summed E-state index contributed by atoms with van der Waals surface area (Å²) in [4.78, 5) is 24.4. The molecular formula is C23H20F2N2O6S. The first-order chi connectivity index (χ1) is 16.2. The second kappa shape index (κ2) is 10.8. The zero-order chi connectivity index (χ0) is 24.7. The third-order valence-corrected chi connectivity index (χ3v) is 5.78. The summed E-state index contributed by atoms with van der Waals surface area (Å²) in [6.45, 7) is 1.36. The first-order valence-electron chi connectivity index (χ1n) is 9.97. The molecule has 0 radical (unpaired) electrons. The van der Waals surface area contributed by atoms with Crippen molar-refractivity contribution in [1.29, 1.82) is 0 Å². The number of halogens is 2. The summed E-state index contributed by atoms with van der Waals surface area (Å²) in [6, 6.07) is 14.3. The number of hydrogen-bond acceptors (Lipinski definition) is 6. The zero-order valence-corrected chi connectivity index (χ0v) is 18.7. The van der Waals surface area contributed by atoms with Crippen LogP contribution in [-0.4, -0.2) is 33.5 Å². The summed E-state index contributed by atoms with van der Waals surface area (Å²) in [5, 5.41) is 1.99. The second-order valence-corrected chi connectivity index (χ2v) is 8.46. The highest BCUT2D eigenvalue weighted by Gasteiger charge is 2.21. The summed E-state index contributed by atoms with van der Waals surface area (Å²) < 4.78 is 65.3. The second-order valence-electron chi connectivity index (χ2n) is 6.78. The van der Waals surface area contributed by atoms with Gasteiger partial charge in [0.25, 0.3) is 15.9 Å². The molecule has 0 aliphatic rings. The molecule has 0 heterocycles. The number of rotatable bonds is 9. The van der Waals surface area contributed by atoms with E-state index in [1.807, 2.05) is 5.32 Å². The molecule has 0 aromatic heterocycles. The van der Waals surface area contributed by atoms with E-state index in [1.165, 1.54) is 48.5 Å². The number of sulfonamides is 1. The van der Waals surface area contributed by atoms with Gasteiger partial charge in [-0.3, -0.25) is 9.52 Å². The number of ether oxygens (including phenoxy) is 2. The van der Waals surface area contributed by atoms with Crippen molar-refractivity contribution in [3.63, 3.8) is 0 Å². The highest BCUT2D eigenvalue weighted by Crippen LogP contribution is 2.23. The van der Waals surface area contributed by atoms with Crippen molar-refractivity contribution in [2.24, 2.45) is 0 Å². The molecule has 0 saturated heterocycles. The number of amides is 1. The molecule has 0 saturated carbocycles. The normalized spacial score (nSPS) is 10.9. The Kier molecular flexibility index (Phi) is 7.79. The largest absolute Gasteiger partial charge is 0.494 e. The summed E-state index contributed by atoms with van der Waals surface area (Å²) in [5.41, 5.74) is -0.920. The van der Waals surface area contributed by atoms with E-state index in [0.29, 0.717) is 12.4 Å². The molecule has 0 unspecified atom stereocenters. The quantitative estimate of drug-likeness (QED) is 0.440.